The molecule has 24 nitrogen and oxygen atoms in total. The number of rotatable bonds is 16. The van der Waals surface area contributed by atoms with Crippen LogP contribution in [0.25, 0.3) is 0 Å². The summed E-state index contributed by atoms with van der Waals surface area (Å²) in [6.45, 7) is 0.945. The van der Waals surface area contributed by atoms with Crippen LogP contribution in [0.5, 0.6) is 0 Å². The summed E-state index contributed by atoms with van der Waals surface area (Å²) in [6.07, 6.45) is -13.1. The third-order valence-electron chi connectivity index (χ3n) is 7.25. The first-order valence-electron chi connectivity index (χ1n) is 14.6. The lowest BCUT2D eigenvalue weighted by Crippen LogP contribution is -2.65. The van der Waals surface area contributed by atoms with Gasteiger partial charge in [0, 0.05) is 19.2 Å². The number of nitrogens with zero attached hydrogens (tertiary/aromatic N) is 1. The molecule has 2 fully saturated rings. The number of phosphoric acid groups is 2. The number of aromatic amines is 1. The minimum atomic E-state index is -5.77. The van der Waals surface area contributed by atoms with Crippen LogP contribution in [0.1, 0.15) is 27.0 Å². The standard InChI is InChI=1S/C24H38N4O20P2/c1-9(20(35)25-10(2)22(36)37)7-43-19-15(26-11(3)30)23(46-12(6-29)17(19)33)47-50(41,42)48-49(39,40)44-8-13-16(32)18(34)21(45-13)28-5-4-14(31)27-24(28)38/h4-5,9-10,12-13,15-19,21,23,29,32-34H,6-8H2,1-3H3,(H,25,35)(H,26,30)(H,36,37)(H,39,40)(H,41,42)(H,27,31,38)/t9-,10-,12+,13+,15+,16+,17+,18+,19+,21+,23-/m0/s1. The number of carbonyl (C=O) groups excluding carboxylic acids is 2. The zero-order valence-corrected chi connectivity index (χ0v) is 28.2. The predicted molar refractivity (Wildman–Crippen MR) is 159 cm³/mol. The number of aliphatic hydroxyl groups is 4. The summed E-state index contributed by atoms with van der Waals surface area (Å²) in [4.78, 5) is 81.2. The minimum absolute atomic E-state index is 0.532. The van der Waals surface area contributed by atoms with Crippen LogP contribution in [0, 0.1) is 5.92 Å². The molecule has 0 aliphatic carbocycles. The summed E-state index contributed by atoms with van der Waals surface area (Å²) in [5, 5.41) is 54.6. The molecule has 284 valence electrons. The first-order valence-corrected chi connectivity index (χ1v) is 17.5. The van der Waals surface area contributed by atoms with Crippen molar-refractivity contribution in [3.05, 3.63) is 33.1 Å². The number of phosphoric ester groups is 2. The van der Waals surface area contributed by atoms with Crippen LogP contribution < -0.4 is 21.9 Å². The van der Waals surface area contributed by atoms with E-state index in [9.17, 15) is 63.3 Å². The molecule has 0 spiro atoms. The van der Waals surface area contributed by atoms with Crippen LogP contribution in [0.3, 0.4) is 0 Å². The fraction of sp³-hybridized carbons (Fsp3) is 0.708. The molecule has 26 heteroatoms. The third-order valence-corrected chi connectivity index (χ3v) is 9.85. The quantitative estimate of drug-likeness (QED) is 0.0710. The normalized spacial score (nSPS) is 31.9. The number of aliphatic hydroxyl groups excluding tert-OH is 4. The Morgan fingerprint density at radius 1 is 1.04 bits per heavy atom. The number of aromatic nitrogens is 2. The molecule has 3 heterocycles. The molecule has 1 aromatic heterocycles. The molecular formula is C24H38N4O20P2. The van der Waals surface area contributed by atoms with Gasteiger partial charge in [-0.2, -0.15) is 4.31 Å². The summed E-state index contributed by atoms with van der Waals surface area (Å²) in [7, 11) is -11.4. The van der Waals surface area contributed by atoms with Crippen LogP contribution in [0.2, 0.25) is 0 Å². The Labute approximate surface area is 281 Å². The maximum Gasteiger partial charge on any atom is 0.483 e. The van der Waals surface area contributed by atoms with Crippen molar-refractivity contribution in [1.29, 1.82) is 0 Å². The Balaban J connectivity index is 1.71. The van der Waals surface area contributed by atoms with Crippen LogP contribution in [-0.2, 0) is 51.1 Å². The summed E-state index contributed by atoms with van der Waals surface area (Å²) >= 11 is 0. The zero-order chi connectivity index (χ0) is 37.7. The van der Waals surface area contributed by atoms with Gasteiger partial charge < -0.3 is 60.2 Å². The third kappa shape index (κ3) is 10.8. The van der Waals surface area contributed by atoms with E-state index in [-0.39, 0.29) is 0 Å². The number of hydrogen-bond acceptors (Lipinski definition) is 17. The number of ether oxygens (including phenoxy) is 3. The summed E-state index contributed by atoms with van der Waals surface area (Å²) in [6, 6.07) is -2.06. The number of hydrogen-bond donors (Lipinski definition) is 10. The Hall–Kier alpha value is -2.93. The monoisotopic (exact) mass is 764 g/mol. The van der Waals surface area contributed by atoms with Crippen LogP contribution in [-0.4, -0.2) is 137 Å². The predicted octanol–water partition coefficient (Wildman–Crippen LogP) is -4.40. The largest absolute Gasteiger partial charge is 0.483 e. The highest BCUT2D eigenvalue weighted by molar-refractivity contribution is 7.61. The van der Waals surface area contributed by atoms with Crippen molar-refractivity contribution >= 4 is 33.4 Å². The van der Waals surface area contributed by atoms with Gasteiger partial charge >= 0.3 is 27.3 Å². The number of aliphatic carboxylic acids is 1. The van der Waals surface area contributed by atoms with Gasteiger partial charge in [-0.15, -0.1) is 0 Å². The van der Waals surface area contributed by atoms with Crippen molar-refractivity contribution in [3.8, 4) is 0 Å². The van der Waals surface area contributed by atoms with Gasteiger partial charge in [0.1, 0.15) is 48.7 Å². The van der Waals surface area contributed by atoms with Gasteiger partial charge in [-0.05, 0) is 6.92 Å². The van der Waals surface area contributed by atoms with E-state index in [2.05, 4.69) is 19.5 Å². The van der Waals surface area contributed by atoms with Crippen molar-refractivity contribution in [2.75, 3.05) is 19.8 Å². The molecule has 2 saturated heterocycles. The molecule has 1 aromatic rings. The highest BCUT2D eigenvalue weighted by atomic mass is 31.3. The summed E-state index contributed by atoms with van der Waals surface area (Å²) < 4.78 is 56.2. The van der Waals surface area contributed by atoms with E-state index < -0.39 is 132 Å². The second-order valence-electron chi connectivity index (χ2n) is 11.2. The molecule has 10 N–H and O–H groups in total. The van der Waals surface area contributed by atoms with Gasteiger partial charge in [0.25, 0.3) is 5.56 Å². The molecule has 0 radical (unpaired) electrons. The zero-order valence-electron chi connectivity index (χ0n) is 26.4. The van der Waals surface area contributed by atoms with Crippen molar-refractivity contribution in [1.82, 2.24) is 20.2 Å². The van der Waals surface area contributed by atoms with Crippen LogP contribution in [0.4, 0.5) is 0 Å². The smallest absolute Gasteiger partial charge is 0.480 e. The fourth-order valence-corrected chi connectivity index (χ4v) is 6.85. The topological polar surface area (TPSA) is 361 Å². The summed E-state index contributed by atoms with van der Waals surface area (Å²) in [5.41, 5.74) is -1.80. The highest BCUT2D eigenvalue weighted by Crippen LogP contribution is 2.61. The van der Waals surface area contributed by atoms with Crippen LogP contribution >= 0.6 is 15.6 Å². The maximum absolute atomic E-state index is 12.9. The van der Waals surface area contributed by atoms with E-state index in [4.69, 9.17) is 23.8 Å². The number of amides is 2. The van der Waals surface area contributed by atoms with Gasteiger partial charge in [0.15, 0.2) is 12.5 Å². The number of carboxylic acid groups (broad SMARTS) is 1. The minimum Gasteiger partial charge on any atom is -0.480 e. The molecular weight excluding hydrogens is 726 g/mol. The first-order chi connectivity index (χ1) is 23.2. The molecule has 0 aromatic carbocycles. The number of nitrogens with one attached hydrogen (secondary N) is 3. The first kappa shape index (κ1) is 41.5. The van der Waals surface area contributed by atoms with E-state index in [0.717, 1.165) is 19.2 Å². The van der Waals surface area contributed by atoms with Gasteiger partial charge in [0.2, 0.25) is 11.8 Å². The van der Waals surface area contributed by atoms with E-state index in [0.29, 0.717) is 4.57 Å². The molecule has 3 rings (SSSR count). The Bertz CT molecular complexity index is 1590. The highest BCUT2D eigenvalue weighted by Gasteiger charge is 2.51. The molecule has 0 saturated carbocycles. The Morgan fingerprint density at radius 3 is 2.28 bits per heavy atom. The van der Waals surface area contributed by atoms with E-state index in [1.165, 1.54) is 13.8 Å². The van der Waals surface area contributed by atoms with Gasteiger partial charge in [-0.25, -0.2) is 13.9 Å². The molecule has 0 bridgehead atoms. The lowest BCUT2D eigenvalue weighted by Gasteiger charge is -2.44. The van der Waals surface area contributed by atoms with Crippen molar-refractivity contribution < 1.29 is 86.4 Å². The molecule has 2 aliphatic heterocycles. The second-order valence-corrected chi connectivity index (χ2v) is 14.2. The van der Waals surface area contributed by atoms with E-state index >= 15 is 0 Å². The van der Waals surface area contributed by atoms with Gasteiger partial charge in [-0.1, -0.05) is 6.92 Å². The molecule has 2 aliphatic rings. The average Bonchev–Trinajstić information content (AvgIpc) is 3.28. The Morgan fingerprint density at radius 2 is 1.70 bits per heavy atom. The number of H-pyrrole nitrogens is 1. The fourth-order valence-electron chi connectivity index (χ4n) is 4.69. The van der Waals surface area contributed by atoms with E-state index in [1.54, 1.807) is 0 Å². The van der Waals surface area contributed by atoms with Gasteiger partial charge in [0.05, 0.1) is 25.7 Å². The van der Waals surface area contributed by atoms with Crippen LogP contribution in [0.15, 0.2) is 21.9 Å². The SMILES string of the molecule is CC(=O)N[C@H]1[C@H](OP(=O)(O)OP(=O)(O)OC[C@H]2O[C@@H](n3ccc(=O)[nH]c3=O)[C@H](O)[C@@H]2O)O[C@H](CO)[C@@H](O)[C@@H]1OC[C@H](C)C(=O)N[C@@H](C)C(=O)O. The maximum atomic E-state index is 12.9. The second kappa shape index (κ2) is 17.1. The number of carboxylic acids is 1. The molecule has 2 unspecified atom stereocenters. The molecule has 13 atom stereocenters. The average molecular weight is 765 g/mol. The van der Waals surface area contributed by atoms with Crippen molar-refractivity contribution in [2.45, 2.75) is 82.0 Å². The number of carbonyl (C=O) groups is 3. The van der Waals surface area contributed by atoms with Gasteiger partial charge in [-0.3, -0.25) is 37.8 Å². The molecule has 2 amide bonds. The summed E-state index contributed by atoms with van der Waals surface area (Å²) in [5.74, 6) is -3.99. The molecule has 50 heavy (non-hydrogen) atoms. The lowest BCUT2D eigenvalue weighted by atomic mass is 9.96. The lowest BCUT2D eigenvalue weighted by molar-refractivity contribution is -0.257. The Kier molecular flexibility index (Phi) is 14.2. The van der Waals surface area contributed by atoms with E-state index in [1.807, 2.05) is 4.98 Å². The van der Waals surface area contributed by atoms with Crippen molar-refractivity contribution in [2.24, 2.45) is 5.92 Å². The van der Waals surface area contributed by atoms with Crippen molar-refractivity contribution in [3.63, 3.8) is 0 Å².